The number of hydrogen-bond acceptors (Lipinski definition) is 3. The number of aromatic nitrogens is 2. The van der Waals surface area contributed by atoms with Gasteiger partial charge in [-0.1, -0.05) is 0 Å². The Balaban J connectivity index is 2.88. The number of rotatable bonds is 1. The summed E-state index contributed by atoms with van der Waals surface area (Å²) in [6.45, 7) is 1.83. The summed E-state index contributed by atoms with van der Waals surface area (Å²) >= 11 is 0. The molecule has 0 bridgehead atoms. The fourth-order valence-electron chi connectivity index (χ4n) is 0.448. The Morgan fingerprint density at radius 2 is 2.33 bits per heavy atom. The number of methoxy groups -OCH3 is 1. The first-order chi connectivity index (χ1) is 4.33. The van der Waals surface area contributed by atoms with Gasteiger partial charge in [0.2, 0.25) is 5.88 Å². The molecule has 0 saturated heterocycles. The molecule has 0 saturated carbocycles. The van der Waals surface area contributed by atoms with Crippen LogP contribution in [0.2, 0.25) is 0 Å². The van der Waals surface area contributed by atoms with E-state index in [1.807, 2.05) is 6.92 Å². The van der Waals surface area contributed by atoms with Gasteiger partial charge in [0.15, 0.2) is 0 Å². The largest absolute Gasteiger partial charge is 0.480 e. The molecular weight excluding hydrogens is 116 g/mol. The molecule has 3 heteroatoms. The van der Waals surface area contributed by atoms with Gasteiger partial charge in [-0.15, -0.1) is 5.10 Å². The van der Waals surface area contributed by atoms with Crippen LogP contribution in [-0.4, -0.2) is 17.3 Å². The van der Waals surface area contributed by atoms with Gasteiger partial charge in [-0.05, 0) is 6.92 Å². The minimum Gasteiger partial charge on any atom is -0.480 e. The normalized spacial score (nSPS) is 9.11. The van der Waals surface area contributed by atoms with Gasteiger partial charge >= 0.3 is 0 Å². The number of aryl methyl sites for hydroxylation is 1. The summed E-state index contributed by atoms with van der Waals surface area (Å²) in [5.41, 5.74) is 0.774. The molecule has 1 aromatic rings. The third kappa shape index (κ3) is 1.38. The van der Waals surface area contributed by atoms with E-state index < -0.39 is 0 Å². The minimum absolute atomic E-state index is 0.501. The second-order valence-corrected chi connectivity index (χ2v) is 1.62. The first-order valence-corrected chi connectivity index (χ1v) is 2.59. The Kier molecular flexibility index (Phi) is 1.63. The highest BCUT2D eigenvalue weighted by Crippen LogP contribution is 2.00. The predicted molar refractivity (Wildman–Crippen MR) is 32.2 cm³/mol. The maximum atomic E-state index is 4.76. The molecule has 0 fully saturated rings. The first kappa shape index (κ1) is 6.01. The Hall–Kier alpha value is -1.12. The maximum Gasteiger partial charge on any atom is 0.233 e. The fourth-order valence-corrected chi connectivity index (χ4v) is 0.448. The summed E-state index contributed by atoms with van der Waals surface area (Å²) < 4.78 is 4.76. The van der Waals surface area contributed by atoms with Gasteiger partial charge < -0.3 is 4.74 Å². The molecule has 9 heavy (non-hydrogen) atoms. The van der Waals surface area contributed by atoms with Crippen LogP contribution in [0.25, 0.3) is 0 Å². The van der Waals surface area contributed by atoms with Gasteiger partial charge in [0.1, 0.15) is 0 Å². The van der Waals surface area contributed by atoms with E-state index in [0.29, 0.717) is 5.88 Å². The van der Waals surface area contributed by atoms with E-state index in [-0.39, 0.29) is 0 Å². The molecule has 0 unspecified atom stereocenters. The van der Waals surface area contributed by atoms with Crippen LogP contribution < -0.4 is 4.74 Å². The highest BCUT2D eigenvalue weighted by atomic mass is 16.5. The van der Waals surface area contributed by atoms with Gasteiger partial charge in [-0.3, -0.25) is 0 Å². The van der Waals surface area contributed by atoms with E-state index in [4.69, 9.17) is 4.74 Å². The van der Waals surface area contributed by atoms with Crippen LogP contribution in [0.3, 0.4) is 0 Å². The molecule has 0 aliphatic rings. The number of nitrogens with zero attached hydrogens (tertiary/aromatic N) is 2. The standard InChI is InChI=1S/C6H7N2O/c1-5-3-4-6(9-2)8-7-5/h4H,1-2H3. The van der Waals surface area contributed by atoms with Gasteiger partial charge in [0, 0.05) is 12.1 Å². The summed E-state index contributed by atoms with van der Waals surface area (Å²) in [4.78, 5) is 0. The fraction of sp³-hybridized carbons (Fsp3) is 0.333. The smallest absolute Gasteiger partial charge is 0.233 e. The zero-order valence-electron chi connectivity index (χ0n) is 5.38. The summed E-state index contributed by atoms with van der Waals surface area (Å²) in [7, 11) is 1.55. The van der Waals surface area contributed by atoms with Gasteiger partial charge in [0.05, 0.1) is 12.8 Å². The highest BCUT2D eigenvalue weighted by molar-refractivity contribution is 5.07. The molecule has 0 aliphatic carbocycles. The SMILES string of the molecule is COc1c[c]c(C)nn1. The molecule has 3 nitrogen and oxygen atoms in total. The lowest BCUT2D eigenvalue weighted by molar-refractivity contribution is 0.391. The highest BCUT2D eigenvalue weighted by Gasteiger charge is 1.89. The molecule has 0 spiro atoms. The van der Waals surface area contributed by atoms with Crippen LogP contribution in [0.15, 0.2) is 6.07 Å². The van der Waals surface area contributed by atoms with Gasteiger partial charge in [0.25, 0.3) is 0 Å². The number of ether oxygens (including phenoxy) is 1. The average molecular weight is 123 g/mol. The van der Waals surface area contributed by atoms with Crippen molar-refractivity contribution in [1.29, 1.82) is 0 Å². The van der Waals surface area contributed by atoms with E-state index in [0.717, 1.165) is 5.69 Å². The molecule has 0 aliphatic heterocycles. The molecule has 0 amide bonds. The quantitative estimate of drug-likeness (QED) is 0.548. The van der Waals surface area contributed by atoms with Crippen LogP contribution in [0.1, 0.15) is 5.69 Å². The molecular formula is C6H7N2O. The van der Waals surface area contributed by atoms with E-state index in [1.54, 1.807) is 13.2 Å². The van der Waals surface area contributed by atoms with Crippen LogP contribution in [-0.2, 0) is 0 Å². The van der Waals surface area contributed by atoms with E-state index in [1.165, 1.54) is 0 Å². The van der Waals surface area contributed by atoms with Gasteiger partial charge in [-0.25, -0.2) is 0 Å². The topological polar surface area (TPSA) is 35.0 Å². The third-order valence-corrected chi connectivity index (χ3v) is 0.912. The monoisotopic (exact) mass is 123 g/mol. The van der Waals surface area contributed by atoms with Crippen LogP contribution >= 0.6 is 0 Å². The molecule has 0 aromatic carbocycles. The van der Waals surface area contributed by atoms with Crippen molar-refractivity contribution in [1.82, 2.24) is 10.2 Å². The Morgan fingerprint density at radius 3 is 2.78 bits per heavy atom. The van der Waals surface area contributed by atoms with E-state index in [2.05, 4.69) is 16.3 Å². The van der Waals surface area contributed by atoms with Crippen molar-refractivity contribution in [2.45, 2.75) is 6.92 Å². The van der Waals surface area contributed by atoms with Crippen LogP contribution in [0.5, 0.6) is 5.88 Å². The van der Waals surface area contributed by atoms with Crippen molar-refractivity contribution in [3.05, 3.63) is 17.8 Å². The zero-order valence-corrected chi connectivity index (χ0v) is 5.38. The second kappa shape index (κ2) is 2.44. The minimum atomic E-state index is 0.501. The van der Waals surface area contributed by atoms with Gasteiger partial charge in [-0.2, -0.15) is 5.10 Å². The van der Waals surface area contributed by atoms with E-state index >= 15 is 0 Å². The lowest BCUT2D eigenvalue weighted by Crippen LogP contribution is -1.90. The maximum absolute atomic E-state index is 4.76. The third-order valence-electron chi connectivity index (χ3n) is 0.912. The van der Waals surface area contributed by atoms with Crippen molar-refractivity contribution in [2.24, 2.45) is 0 Å². The van der Waals surface area contributed by atoms with Crippen molar-refractivity contribution in [3.8, 4) is 5.88 Å². The van der Waals surface area contributed by atoms with Crippen molar-refractivity contribution in [2.75, 3.05) is 7.11 Å². The lowest BCUT2D eigenvalue weighted by atomic mass is 10.4. The average Bonchev–Trinajstić information content (AvgIpc) is 1.90. The van der Waals surface area contributed by atoms with Crippen molar-refractivity contribution in [3.63, 3.8) is 0 Å². The number of hydrogen-bond donors (Lipinski definition) is 0. The molecule has 0 atom stereocenters. The summed E-state index contributed by atoms with van der Waals surface area (Å²) in [5.74, 6) is 0.501. The summed E-state index contributed by atoms with van der Waals surface area (Å²) in [6.07, 6.45) is 0. The molecule has 47 valence electrons. The zero-order chi connectivity index (χ0) is 6.69. The lowest BCUT2D eigenvalue weighted by Gasteiger charge is -1.93. The Labute approximate surface area is 53.7 Å². The van der Waals surface area contributed by atoms with Crippen molar-refractivity contribution < 1.29 is 4.74 Å². The second-order valence-electron chi connectivity index (χ2n) is 1.62. The summed E-state index contributed by atoms with van der Waals surface area (Å²) in [6, 6.07) is 4.51. The first-order valence-electron chi connectivity index (χ1n) is 2.59. The predicted octanol–water partition coefficient (Wildman–Crippen LogP) is 0.594. The van der Waals surface area contributed by atoms with Crippen LogP contribution in [0, 0.1) is 13.0 Å². The Bertz CT molecular complexity index is 183. The molecule has 1 rings (SSSR count). The molecule has 1 radical (unpaired) electrons. The molecule has 1 aromatic heterocycles. The Morgan fingerprint density at radius 1 is 1.56 bits per heavy atom. The van der Waals surface area contributed by atoms with Crippen molar-refractivity contribution >= 4 is 0 Å². The van der Waals surface area contributed by atoms with Crippen LogP contribution in [0.4, 0.5) is 0 Å². The molecule has 1 heterocycles. The molecule has 0 N–H and O–H groups in total. The van der Waals surface area contributed by atoms with E-state index in [9.17, 15) is 0 Å². The summed E-state index contributed by atoms with van der Waals surface area (Å²) in [5, 5.41) is 7.41.